The van der Waals surface area contributed by atoms with E-state index in [0.29, 0.717) is 5.92 Å². The lowest BCUT2D eigenvalue weighted by Gasteiger charge is -2.26. The molecule has 0 amide bonds. The Balaban J connectivity index is 0.00000159. The van der Waals surface area contributed by atoms with Gasteiger partial charge in [-0.1, -0.05) is 66.9 Å². The van der Waals surface area contributed by atoms with Gasteiger partial charge in [-0.2, -0.15) is 0 Å². The summed E-state index contributed by atoms with van der Waals surface area (Å²) in [5, 5.41) is 0. The van der Waals surface area contributed by atoms with Gasteiger partial charge < -0.3 is 9.47 Å². The third kappa shape index (κ3) is 8.94. The number of aryl methyl sites for hydroxylation is 2. The minimum Gasteiger partial charge on any atom is -0.355 e. The van der Waals surface area contributed by atoms with Crippen LogP contribution in [0.15, 0.2) is 24.8 Å². The summed E-state index contributed by atoms with van der Waals surface area (Å²) in [5.74, 6) is 1.41. The van der Waals surface area contributed by atoms with Crippen molar-refractivity contribution in [2.75, 3.05) is 18.0 Å². The predicted octanol–water partition coefficient (Wildman–Crippen LogP) is 9.52. The molecule has 36 heavy (non-hydrogen) atoms. The first-order valence-electron chi connectivity index (χ1n) is 14.3. The van der Waals surface area contributed by atoms with Gasteiger partial charge in [0.15, 0.2) is 5.82 Å². The van der Waals surface area contributed by atoms with Gasteiger partial charge in [-0.15, -0.1) is 13.2 Å². The number of rotatable bonds is 7. The lowest BCUT2D eigenvalue weighted by Crippen LogP contribution is -2.27. The maximum atomic E-state index is 5.22. The second kappa shape index (κ2) is 18.0. The van der Waals surface area contributed by atoms with Crippen LogP contribution in [0, 0.1) is 6.92 Å². The van der Waals surface area contributed by atoms with Crippen molar-refractivity contribution < 1.29 is 0 Å². The smallest absolute Gasteiger partial charge is 0.150 e. The number of unbranched alkanes of at least 4 members (excludes halogenated alkanes) is 1. The number of hydrogen-bond acceptors (Lipinski definition) is 3. The average Bonchev–Trinajstić information content (AvgIpc) is 3.04. The molecule has 4 heteroatoms. The molecule has 2 heterocycles. The lowest BCUT2D eigenvalue weighted by molar-refractivity contribution is 0.703. The van der Waals surface area contributed by atoms with Crippen LogP contribution in [0.3, 0.4) is 0 Å². The van der Waals surface area contributed by atoms with E-state index < -0.39 is 0 Å². The first kappa shape index (κ1) is 33.6. The Morgan fingerprint density at radius 2 is 1.64 bits per heavy atom. The quantitative estimate of drug-likeness (QED) is 0.358. The standard InChI is InChI=1S/C25H38N4.C3H8.C2H6.C2H4/c1-8-10-14-29(9-2)25-23(17(3)4)27-24(19(6)26-25)22-16-20-13-11-12-18(5)15-21(20)28(22)7;1-3-2;2*1-2/h15-17H,8-14H2,1-7H3;3H2,1-2H3;1-2H3;1-2H2. The molecule has 2 aromatic heterocycles. The van der Waals surface area contributed by atoms with E-state index in [2.05, 4.69) is 97.2 Å². The van der Waals surface area contributed by atoms with Crippen molar-refractivity contribution in [3.63, 3.8) is 0 Å². The molecule has 0 aromatic carbocycles. The fourth-order valence-corrected chi connectivity index (χ4v) is 4.31. The molecule has 0 unspecified atom stereocenters. The Labute approximate surface area is 223 Å². The lowest BCUT2D eigenvalue weighted by atomic mass is 10.1. The third-order valence-electron chi connectivity index (χ3n) is 6.09. The molecule has 2 aromatic rings. The van der Waals surface area contributed by atoms with Gasteiger partial charge in [0, 0.05) is 25.8 Å². The fraction of sp³-hybridized carbons (Fsp3) is 0.625. The van der Waals surface area contributed by atoms with Crippen molar-refractivity contribution in [2.24, 2.45) is 7.05 Å². The van der Waals surface area contributed by atoms with Crippen LogP contribution in [0.25, 0.3) is 17.5 Å². The maximum absolute atomic E-state index is 5.22. The highest BCUT2D eigenvalue weighted by molar-refractivity contribution is 5.68. The van der Waals surface area contributed by atoms with Crippen LogP contribution in [-0.4, -0.2) is 27.6 Å². The third-order valence-corrected chi connectivity index (χ3v) is 6.09. The summed E-state index contributed by atoms with van der Waals surface area (Å²) in [4.78, 5) is 12.7. The molecule has 0 saturated carbocycles. The minimum atomic E-state index is 0.341. The van der Waals surface area contributed by atoms with Crippen molar-refractivity contribution in [3.05, 3.63) is 47.4 Å². The average molecular weight is 497 g/mol. The predicted molar refractivity (Wildman–Crippen MR) is 163 cm³/mol. The van der Waals surface area contributed by atoms with E-state index in [4.69, 9.17) is 9.97 Å². The Morgan fingerprint density at radius 1 is 1.03 bits per heavy atom. The number of nitrogens with zero attached hydrogens (tertiary/aromatic N) is 4. The zero-order valence-corrected chi connectivity index (χ0v) is 25.6. The summed E-state index contributed by atoms with van der Waals surface area (Å²) in [6, 6.07) is 2.35. The zero-order chi connectivity index (χ0) is 27.8. The van der Waals surface area contributed by atoms with Crippen molar-refractivity contribution in [1.82, 2.24) is 14.5 Å². The van der Waals surface area contributed by atoms with E-state index in [1.807, 2.05) is 13.8 Å². The van der Waals surface area contributed by atoms with E-state index in [0.717, 1.165) is 42.4 Å². The zero-order valence-electron chi connectivity index (χ0n) is 25.6. The van der Waals surface area contributed by atoms with E-state index >= 15 is 0 Å². The molecule has 4 nitrogen and oxygen atoms in total. The number of anilines is 1. The molecule has 1 aliphatic rings. The molecule has 0 radical (unpaired) electrons. The monoisotopic (exact) mass is 496 g/mol. The molecule has 0 atom stereocenters. The topological polar surface area (TPSA) is 34.0 Å². The first-order chi connectivity index (χ1) is 17.3. The molecule has 0 aliphatic heterocycles. The summed E-state index contributed by atoms with van der Waals surface area (Å²) in [6.45, 7) is 29.5. The Bertz CT molecular complexity index is 921. The van der Waals surface area contributed by atoms with E-state index in [-0.39, 0.29) is 0 Å². The van der Waals surface area contributed by atoms with Crippen LogP contribution in [-0.2, 0) is 13.5 Å². The Hall–Kier alpha value is -2.36. The molecule has 0 fully saturated rings. The Morgan fingerprint density at radius 3 is 2.17 bits per heavy atom. The van der Waals surface area contributed by atoms with Crippen LogP contribution in [0.1, 0.15) is 123 Å². The highest BCUT2D eigenvalue weighted by Crippen LogP contribution is 2.34. The second-order valence-electron chi connectivity index (χ2n) is 9.50. The molecule has 3 rings (SSSR count). The van der Waals surface area contributed by atoms with Gasteiger partial charge in [0.1, 0.15) is 5.69 Å². The molecule has 204 valence electrons. The van der Waals surface area contributed by atoms with Crippen LogP contribution >= 0.6 is 0 Å². The van der Waals surface area contributed by atoms with Gasteiger partial charge in [-0.25, -0.2) is 9.97 Å². The molecule has 1 aliphatic carbocycles. The van der Waals surface area contributed by atoms with E-state index in [1.165, 1.54) is 54.6 Å². The van der Waals surface area contributed by atoms with Gasteiger partial charge >= 0.3 is 0 Å². The van der Waals surface area contributed by atoms with Crippen LogP contribution in [0.4, 0.5) is 5.82 Å². The summed E-state index contributed by atoms with van der Waals surface area (Å²) < 4.78 is 2.32. The van der Waals surface area contributed by atoms with E-state index in [9.17, 15) is 0 Å². The normalized spacial score (nSPS) is 12.1. The second-order valence-corrected chi connectivity index (χ2v) is 9.50. The number of aromatic nitrogens is 3. The van der Waals surface area contributed by atoms with Crippen molar-refractivity contribution >= 4 is 11.9 Å². The highest BCUT2D eigenvalue weighted by atomic mass is 15.2. The SMILES string of the molecule is C=C.CC.CCC.CCCCN(CC)c1nc(C)c(-c2cc3c(n2C)C=C(C)CCC3)nc1C(C)C. The van der Waals surface area contributed by atoms with Gasteiger partial charge in [0.05, 0.1) is 17.1 Å². The van der Waals surface area contributed by atoms with Gasteiger partial charge in [0.25, 0.3) is 0 Å². The molecular formula is C32H56N4. The number of hydrogen-bond donors (Lipinski definition) is 0. The van der Waals surface area contributed by atoms with Gasteiger partial charge in [-0.3, -0.25) is 0 Å². The highest BCUT2D eigenvalue weighted by Gasteiger charge is 2.22. The first-order valence-corrected chi connectivity index (χ1v) is 14.3. The van der Waals surface area contributed by atoms with Gasteiger partial charge in [0.2, 0.25) is 0 Å². The minimum absolute atomic E-state index is 0.341. The summed E-state index contributed by atoms with van der Waals surface area (Å²) in [6.07, 6.45) is 9.54. The van der Waals surface area contributed by atoms with Crippen LogP contribution in [0.5, 0.6) is 0 Å². The van der Waals surface area contributed by atoms with Crippen LogP contribution in [0.2, 0.25) is 0 Å². The molecule has 0 bridgehead atoms. The molecule has 0 saturated heterocycles. The molecule has 0 N–H and O–H groups in total. The largest absolute Gasteiger partial charge is 0.355 e. The van der Waals surface area contributed by atoms with Crippen LogP contribution < -0.4 is 4.90 Å². The Kier molecular flexibility index (Phi) is 16.8. The van der Waals surface area contributed by atoms with E-state index in [1.54, 1.807) is 0 Å². The summed E-state index contributed by atoms with van der Waals surface area (Å²) in [7, 11) is 2.17. The van der Waals surface area contributed by atoms with Crippen molar-refractivity contribution in [2.45, 2.75) is 114 Å². The van der Waals surface area contributed by atoms with Crippen molar-refractivity contribution in [3.8, 4) is 11.4 Å². The maximum Gasteiger partial charge on any atom is 0.150 e. The molecular weight excluding hydrogens is 440 g/mol. The van der Waals surface area contributed by atoms with Gasteiger partial charge in [-0.05, 0) is 70.1 Å². The summed E-state index contributed by atoms with van der Waals surface area (Å²) in [5.41, 5.74) is 8.61. The molecule has 0 spiro atoms. The number of fused-ring (bicyclic) bond motifs is 1. The fourth-order valence-electron chi connectivity index (χ4n) is 4.31. The van der Waals surface area contributed by atoms with Crippen molar-refractivity contribution in [1.29, 1.82) is 0 Å². The number of allylic oxidation sites excluding steroid dienone is 1. The summed E-state index contributed by atoms with van der Waals surface area (Å²) >= 11 is 0.